The molecule has 5 aromatic carbocycles. The fourth-order valence-electron chi connectivity index (χ4n) is 7.14. The fourth-order valence-corrected chi connectivity index (χ4v) is 12.7. The molecular weight excluding hydrogens is 492 g/mol. The summed E-state index contributed by atoms with van der Waals surface area (Å²) in [7, 11) is -0.736. The molecule has 0 saturated heterocycles. The van der Waals surface area contributed by atoms with Crippen LogP contribution in [0.4, 0.5) is 17.1 Å². The standard InChI is InChI=1S/C35H26N2OSi/c1-23-22-36(2)35(38)28-21-24(19-20-25(23)28)37-29-13-5-9-17-33(29)39(34-18-10-6-14-30(34)37)31-15-7-3-11-26(31)27-12-4-8-16-32(27)39/h3-22H,1-2H3. The highest BCUT2D eigenvalue weighted by molar-refractivity contribution is 7.23. The van der Waals surface area contributed by atoms with Crippen LogP contribution >= 0.6 is 0 Å². The summed E-state index contributed by atoms with van der Waals surface area (Å²) in [6.07, 6.45) is 1.92. The first-order valence-electron chi connectivity index (χ1n) is 13.4. The Morgan fingerprint density at radius 1 is 0.590 bits per heavy atom. The first kappa shape index (κ1) is 22.3. The molecule has 1 spiro atoms. The van der Waals surface area contributed by atoms with Gasteiger partial charge in [-0.3, -0.25) is 4.79 Å². The molecule has 4 heteroatoms. The molecule has 0 atom stereocenters. The zero-order valence-corrected chi connectivity index (χ0v) is 22.8. The van der Waals surface area contributed by atoms with Crippen LogP contribution in [0.2, 0.25) is 0 Å². The molecule has 39 heavy (non-hydrogen) atoms. The zero-order chi connectivity index (χ0) is 26.3. The van der Waals surface area contributed by atoms with Crippen molar-refractivity contribution in [2.24, 2.45) is 7.05 Å². The predicted molar refractivity (Wildman–Crippen MR) is 165 cm³/mol. The van der Waals surface area contributed by atoms with Crippen LogP contribution in [0.1, 0.15) is 5.56 Å². The second kappa shape index (κ2) is 7.92. The molecule has 0 N–H and O–H groups in total. The highest BCUT2D eigenvalue weighted by Crippen LogP contribution is 2.41. The molecule has 0 saturated carbocycles. The van der Waals surface area contributed by atoms with Gasteiger partial charge in [0.25, 0.3) is 5.56 Å². The van der Waals surface area contributed by atoms with Crippen LogP contribution in [-0.2, 0) is 7.05 Å². The van der Waals surface area contributed by atoms with E-state index in [0.717, 1.165) is 22.0 Å². The van der Waals surface area contributed by atoms with Gasteiger partial charge in [0.15, 0.2) is 8.07 Å². The number of pyridine rings is 1. The third-order valence-electron chi connectivity index (χ3n) is 8.67. The quantitative estimate of drug-likeness (QED) is 0.286. The maximum atomic E-state index is 13.2. The van der Waals surface area contributed by atoms with E-state index in [2.05, 4.69) is 127 Å². The van der Waals surface area contributed by atoms with Gasteiger partial charge < -0.3 is 9.47 Å². The SMILES string of the molecule is Cc1cn(C)c(=O)c2cc(N3c4ccccc4[Si]4(c5ccccc5-c5ccccc54)c4ccccc43)ccc12. The second-order valence-corrected chi connectivity index (χ2v) is 14.3. The molecule has 8 rings (SSSR count). The summed E-state index contributed by atoms with van der Waals surface area (Å²) in [5.41, 5.74) is 7.22. The first-order valence-corrected chi connectivity index (χ1v) is 15.4. The normalized spacial score (nSPS) is 14.2. The molecule has 1 aromatic heterocycles. The largest absolute Gasteiger partial charge is 0.318 e. The van der Waals surface area contributed by atoms with E-state index < -0.39 is 8.07 Å². The molecule has 0 unspecified atom stereocenters. The van der Waals surface area contributed by atoms with Crippen molar-refractivity contribution in [2.45, 2.75) is 6.92 Å². The molecular formula is C35H26N2OSi. The van der Waals surface area contributed by atoms with E-state index in [1.807, 2.05) is 13.2 Å². The average molecular weight is 519 g/mol. The molecule has 2 aliphatic heterocycles. The van der Waals surface area contributed by atoms with E-state index in [-0.39, 0.29) is 5.56 Å². The van der Waals surface area contributed by atoms with Crippen molar-refractivity contribution >= 4 is 56.7 Å². The lowest BCUT2D eigenvalue weighted by molar-refractivity contribution is 0.866. The molecule has 3 heterocycles. The van der Waals surface area contributed by atoms with E-state index in [0.29, 0.717) is 0 Å². The summed E-state index contributed by atoms with van der Waals surface area (Å²) in [5.74, 6) is 0. The third-order valence-corrected chi connectivity index (χ3v) is 13.6. The summed E-state index contributed by atoms with van der Waals surface area (Å²) in [5, 5.41) is 7.43. The van der Waals surface area contributed by atoms with Gasteiger partial charge in [-0.15, -0.1) is 0 Å². The third kappa shape index (κ3) is 2.79. The van der Waals surface area contributed by atoms with Crippen LogP contribution in [0.3, 0.4) is 0 Å². The minimum absolute atomic E-state index is 0.0283. The number of aromatic nitrogens is 1. The lowest BCUT2D eigenvalue weighted by atomic mass is 10.1. The maximum absolute atomic E-state index is 13.2. The van der Waals surface area contributed by atoms with Gasteiger partial charge in [-0.25, -0.2) is 0 Å². The van der Waals surface area contributed by atoms with Crippen LogP contribution in [0.15, 0.2) is 126 Å². The lowest BCUT2D eigenvalue weighted by Gasteiger charge is -2.43. The van der Waals surface area contributed by atoms with Gasteiger partial charge in [-0.1, -0.05) is 91.0 Å². The molecule has 0 bridgehead atoms. The highest BCUT2D eigenvalue weighted by Gasteiger charge is 2.53. The van der Waals surface area contributed by atoms with Gasteiger partial charge in [-0.05, 0) is 74.0 Å². The minimum Gasteiger partial charge on any atom is -0.318 e. The lowest BCUT2D eigenvalue weighted by Crippen LogP contribution is -2.75. The monoisotopic (exact) mass is 518 g/mol. The van der Waals surface area contributed by atoms with E-state index in [4.69, 9.17) is 0 Å². The Morgan fingerprint density at radius 3 is 1.69 bits per heavy atom. The Hall–Kier alpha value is -4.67. The number of benzene rings is 5. The number of aryl methyl sites for hydroxylation is 2. The van der Waals surface area contributed by atoms with Crippen LogP contribution < -0.4 is 31.2 Å². The Kier molecular flexibility index (Phi) is 4.53. The van der Waals surface area contributed by atoms with Gasteiger partial charge in [0, 0.05) is 35.7 Å². The Balaban J connectivity index is 1.49. The zero-order valence-electron chi connectivity index (χ0n) is 21.8. The number of hydrogen-bond donors (Lipinski definition) is 0. The predicted octanol–water partition coefficient (Wildman–Crippen LogP) is 4.99. The number of anilines is 3. The number of nitrogens with zero attached hydrogens (tertiary/aromatic N) is 2. The molecule has 6 aromatic rings. The topological polar surface area (TPSA) is 25.2 Å². The van der Waals surface area contributed by atoms with E-state index in [1.165, 1.54) is 43.2 Å². The van der Waals surface area contributed by atoms with Crippen LogP contribution in [0.25, 0.3) is 21.9 Å². The van der Waals surface area contributed by atoms with Crippen molar-refractivity contribution < 1.29 is 0 Å². The van der Waals surface area contributed by atoms with Crippen molar-refractivity contribution in [3.63, 3.8) is 0 Å². The Morgan fingerprint density at radius 2 is 1.10 bits per heavy atom. The smallest absolute Gasteiger partial charge is 0.258 e. The summed E-state index contributed by atoms with van der Waals surface area (Å²) in [4.78, 5) is 15.6. The minimum atomic E-state index is -2.57. The number of hydrogen-bond acceptors (Lipinski definition) is 2. The van der Waals surface area contributed by atoms with Crippen LogP contribution in [-0.4, -0.2) is 12.6 Å². The van der Waals surface area contributed by atoms with Gasteiger partial charge >= 0.3 is 0 Å². The van der Waals surface area contributed by atoms with Crippen molar-refractivity contribution in [3.05, 3.63) is 137 Å². The molecule has 2 aliphatic rings. The van der Waals surface area contributed by atoms with E-state index in [9.17, 15) is 4.79 Å². The van der Waals surface area contributed by atoms with Crippen molar-refractivity contribution in [2.75, 3.05) is 4.90 Å². The fraction of sp³-hybridized carbons (Fsp3) is 0.0571. The Bertz CT molecular complexity index is 1940. The molecule has 186 valence electrons. The summed E-state index contributed by atoms with van der Waals surface area (Å²) < 4.78 is 1.69. The first-order chi connectivity index (χ1) is 19.1. The molecule has 0 radical (unpaired) electrons. The van der Waals surface area contributed by atoms with E-state index in [1.54, 1.807) is 4.57 Å². The van der Waals surface area contributed by atoms with Crippen molar-refractivity contribution in [1.29, 1.82) is 0 Å². The van der Waals surface area contributed by atoms with Crippen molar-refractivity contribution in [3.8, 4) is 11.1 Å². The molecule has 0 fully saturated rings. The van der Waals surface area contributed by atoms with Gasteiger partial charge in [0.05, 0.1) is 0 Å². The summed E-state index contributed by atoms with van der Waals surface area (Å²) in [6, 6.07) is 42.2. The summed E-state index contributed by atoms with van der Waals surface area (Å²) in [6.45, 7) is 2.07. The van der Waals surface area contributed by atoms with Gasteiger partial charge in [0.2, 0.25) is 0 Å². The highest BCUT2D eigenvalue weighted by atomic mass is 28.3. The number of rotatable bonds is 1. The number of fused-ring (bicyclic) bond motifs is 10. The second-order valence-electron chi connectivity index (χ2n) is 10.7. The molecule has 3 nitrogen and oxygen atoms in total. The van der Waals surface area contributed by atoms with Crippen molar-refractivity contribution in [1.82, 2.24) is 4.57 Å². The molecule has 0 aliphatic carbocycles. The average Bonchev–Trinajstić information content (AvgIpc) is 3.27. The summed E-state index contributed by atoms with van der Waals surface area (Å²) >= 11 is 0. The van der Waals surface area contributed by atoms with E-state index >= 15 is 0 Å². The Labute approximate surface area is 228 Å². The van der Waals surface area contributed by atoms with Gasteiger partial charge in [0.1, 0.15) is 0 Å². The van der Waals surface area contributed by atoms with Gasteiger partial charge in [-0.2, -0.15) is 0 Å². The maximum Gasteiger partial charge on any atom is 0.258 e. The number of para-hydroxylation sites is 2. The van der Waals surface area contributed by atoms with Crippen LogP contribution in [0.5, 0.6) is 0 Å². The molecule has 0 amide bonds. The van der Waals surface area contributed by atoms with Crippen LogP contribution in [0, 0.1) is 6.92 Å².